The van der Waals surface area contributed by atoms with Crippen LogP contribution in [0, 0.1) is 0 Å². The Hall–Kier alpha value is -0.870. The smallest absolute Gasteiger partial charge is 0.220 e. The average molecular weight is 316 g/mol. The van der Waals surface area contributed by atoms with Crippen molar-refractivity contribution in [1.29, 1.82) is 0 Å². The largest absolute Gasteiger partial charge is 0.425 e. The zero-order chi connectivity index (χ0) is 12.1. The molecular formula is C12H12BrClN2O. The molecule has 0 N–H and O–H groups in total. The predicted molar refractivity (Wildman–Crippen MR) is 70.3 cm³/mol. The third-order valence-electron chi connectivity index (χ3n) is 2.28. The third-order valence-corrected chi connectivity index (χ3v) is 3.04. The van der Waals surface area contributed by atoms with E-state index in [0.717, 1.165) is 22.9 Å². The predicted octanol–water partition coefficient (Wildman–Crippen LogP) is 3.59. The average Bonchev–Trinajstić information content (AvgIpc) is 2.74. The summed E-state index contributed by atoms with van der Waals surface area (Å²) in [4.78, 5) is 0. The summed E-state index contributed by atoms with van der Waals surface area (Å²) < 4.78 is 6.59. The second-order valence-electron chi connectivity index (χ2n) is 3.69. The molecule has 0 aliphatic rings. The molecule has 0 spiro atoms. The van der Waals surface area contributed by atoms with Crippen molar-refractivity contribution in [2.45, 2.75) is 19.3 Å². The normalized spacial score (nSPS) is 10.7. The van der Waals surface area contributed by atoms with Gasteiger partial charge in [-0.25, -0.2) is 0 Å². The second-order valence-corrected chi connectivity index (χ2v) is 4.98. The van der Waals surface area contributed by atoms with Crippen molar-refractivity contribution < 1.29 is 4.42 Å². The molecule has 0 aliphatic carbocycles. The van der Waals surface area contributed by atoms with E-state index >= 15 is 0 Å². The van der Waals surface area contributed by atoms with Gasteiger partial charge in [-0.1, -0.05) is 28.1 Å². The Bertz CT molecular complexity index is 487. The monoisotopic (exact) mass is 314 g/mol. The minimum atomic E-state index is 0.614. The lowest BCUT2D eigenvalue weighted by atomic mass is 10.1. The molecule has 0 aliphatic heterocycles. The van der Waals surface area contributed by atoms with E-state index in [1.54, 1.807) is 0 Å². The van der Waals surface area contributed by atoms with E-state index in [-0.39, 0.29) is 0 Å². The van der Waals surface area contributed by atoms with Crippen molar-refractivity contribution >= 4 is 27.5 Å². The van der Waals surface area contributed by atoms with Gasteiger partial charge in [0.25, 0.3) is 0 Å². The van der Waals surface area contributed by atoms with Gasteiger partial charge in [0, 0.05) is 16.8 Å². The molecule has 3 nitrogen and oxygen atoms in total. The van der Waals surface area contributed by atoms with Crippen LogP contribution in [0.25, 0.3) is 0 Å². The van der Waals surface area contributed by atoms with Crippen molar-refractivity contribution in [3.05, 3.63) is 46.1 Å². The molecule has 1 aromatic heterocycles. The summed E-state index contributed by atoms with van der Waals surface area (Å²) in [7, 11) is 0. The van der Waals surface area contributed by atoms with Crippen LogP contribution in [-0.2, 0) is 12.8 Å². The molecule has 1 heterocycles. The Morgan fingerprint density at radius 2 is 2.06 bits per heavy atom. The van der Waals surface area contributed by atoms with Gasteiger partial charge in [-0.2, -0.15) is 0 Å². The first-order valence-corrected chi connectivity index (χ1v) is 6.72. The summed E-state index contributed by atoms with van der Waals surface area (Å²) in [5.74, 6) is 1.92. The lowest BCUT2D eigenvalue weighted by Crippen LogP contribution is -1.87. The number of rotatable bonds is 5. The highest BCUT2D eigenvalue weighted by Gasteiger charge is 2.06. The van der Waals surface area contributed by atoms with Gasteiger partial charge in [0.1, 0.15) is 0 Å². The minimum Gasteiger partial charge on any atom is -0.425 e. The maximum absolute atomic E-state index is 5.61. The van der Waals surface area contributed by atoms with E-state index in [1.807, 2.05) is 24.3 Å². The van der Waals surface area contributed by atoms with Crippen molar-refractivity contribution in [2.24, 2.45) is 0 Å². The topological polar surface area (TPSA) is 38.9 Å². The molecule has 2 rings (SSSR count). The summed E-state index contributed by atoms with van der Waals surface area (Å²) in [6.07, 6.45) is 2.27. The highest BCUT2D eigenvalue weighted by Crippen LogP contribution is 2.15. The van der Waals surface area contributed by atoms with E-state index in [1.165, 1.54) is 0 Å². The quantitative estimate of drug-likeness (QED) is 0.791. The van der Waals surface area contributed by atoms with Crippen LogP contribution in [0.5, 0.6) is 0 Å². The molecule has 0 amide bonds. The fraction of sp³-hybridized carbons (Fsp3) is 0.333. The number of hydrogen-bond acceptors (Lipinski definition) is 3. The summed E-state index contributed by atoms with van der Waals surface area (Å²) in [5, 5.41) is 8.00. The molecule has 0 bridgehead atoms. The number of aryl methyl sites for hydroxylation is 1. The summed E-state index contributed by atoms with van der Waals surface area (Å²) in [5.41, 5.74) is 1.15. The molecule has 0 saturated heterocycles. The van der Waals surface area contributed by atoms with Crippen LogP contribution < -0.4 is 0 Å². The standard InChI is InChI=1S/C12H12BrClN2O/c13-10-4-1-3-9(7-10)8-12-16-15-11(17-12)5-2-6-14/h1,3-4,7H,2,5-6,8H2. The van der Waals surface area contributed by atoms with Crippen molar-refractivity contribution in [1.82, 2.24) is 10.2 Å². The number of hydrogen-bond donors (Lipinski definition) is 0. The van der Waals surface area contributed by atoms with Gasteiger partial charge in [-0.3, -0.25) is 0 Å². The molecule has 0 saturated carbocycles. The third kappa shape index (κ3) is 3.82. The van der Waals surface area contributed by atoms with E-state index < -0.39 is 0 Å². The first-order valence-electron chi connectivity index (χ1n) is 5.39. The molecule has 5 heteroatoms. The van der Waals surface area contributed by atoms with E-state index in [2.05, 4.69) is 26.1 Å². The highest BCUT2D eigenvalue weighted by molar-refractivity contribution is 9.10. The molecule has 17 heavy (non-hydrogen) atoms. The molecule has 1 aromatic carbocycles. The molecule has 0 radical (unpaired) electrons. The maximum Gasteiger partial charge on any atom is 0.220 e. The molecular weight excluding hydrogens is 304 g/mol. The molecule has 0 unspecified atom stereocenters. The van der Waals surface area contributed by atoms with Gasteiger partial charge >= 0.3 is 0 Å². The number of benzene rings is 1. The van der Waals surface area contributed by atoms with Crippen LogP contribution in [0.4, 0.5) is 0 Å². The zero-order valence-corrected chi connectivity index (χ0v) is 11.5. The Morgan fingerprint density at radius 1 is 1.24 bits per heavy atom. The van der Waals surface area contributed by atoms with E-state index in [4.69, 9.17) is 16.0 Å². The molecule has 0 fully saturated rings. The van der Waals surface area contributed by atoms with Crippen molar-refractivity contribution in [3.8, 4) is 0 Å². The maximum atomic E-state index is 5.61. The van der Waals surface area contributed by atoms with Crippen molar-refractivity contribution in [2.75, 3.05) is 5.88 Å². The van der Waals surface area contributed by atoms with Crippen LogP contribution in [0.1, 0.15) is 23.8 Å². The van der Waals surface area contributed by atoms with Gasteiger partial charge in [-0.05, 0) is 24.1 Å². The van der Waals surface area contributed by atoms with Gasteiger partial charge in [0.05, 0.1) is 6.42 Å². The van der Waals surface area contributed by atoms with E-state index in [9.17, 15) is 0 Å². The first-order chi connectivity index (χ1) is 8.28. The Morgan fingerprint density at radius 3 is 2.82 bits per heavy atom. The fourth-order valence-electron chi connectivity index (χ4n) is 1.50. The second kappa shape index (κ2) is 6.17. The van der Waals surface area contributed by atoms with Crippen LogP contribution in [-0.4, -0.2) is 16.1 Å². The summed E-state index contributed by atoms with van der Waals surface area (Å²) >= 11 is 9.04. The Balaban J connectivity index is 2.01. The first kappa shape index (κ1) is 12.6. The van der Waals surface area contributed by atoms with Gasteiger partial charge in [0.2, 0.25) is 11.8 Å². The highest BCUT2D eigenvalue weighted by atomic mass is 79.9. The van der Waals surface area contributed by atoms with Crippen LogP contribution >= 0.6 is 27.5 Å². The van der Waals surface area contributed by atoms with E-state index in [0.29, 0.717) is 24.1 Å². The Kier molecular flexibility index (Phi) is 4.57. The minimum absolute atomic E-state index is 0.614. The molecule has 2 aromatic rings. The molecule has 90 valence electrons. The Labute approximate surface area is 113 Å². The number of alkyl halides is 1. The van der Waals surface area contributed by atoms with Crippen LogP contribution in [0.2, 0.25) is 0 Å². The summed E-state index contributed by atoms with van der Waals surface area (Å²) in [6, 6.07) is 8.06. The fourth-order valence-corrected chi connectivity index (χ4v) is 2.08. The number of halogens is 2. The lowest BCUT2D eigenvalue weighted by Gasteiger charge is -1.97. The van der Waals surface area contributed by atoms with Crippen LogP contribution in [0.3, 0.4) is 0 Å². The zero-order valence-electron chi connectivity index (χ0n) is 9.20. The van der Waals surface area contributed by atoms with Gasteiger partial charge in [-0.15, -0.1) is 21.8 Å². The summed E-state index contributed by atoms with van der Waals surface area (Å²) in [6.45, 7) is 0. The van der Waals surface area contributed by atoms with Gasteiger partial charge in [0.15, 0.2) is 0 Å². The SMILES string of the molecule is ClCCCc1nnc(Cc2cccc(Br)c2)o1. The van der Waals surface area contributed by atoms with Crippen molar-refractivity contribution in [3.63, 3.8) is 0 Å². The number of nitrogens with zero attached hydrogens (tertiary/aromatic N) is 2. The lowest BCUT2D eigenvalue weighted by molar-refractivity contribution is 0.455. The van der Waals surface area contributed by atoms with Crippen LogP contribution in [0.15, 0.2) is 33.2 Å². The number of aromatic nitrogens is 2. The molecule has 0 atom stereocenters. The van der Waals surface area contributed by atoms with Gasteiger partial charge < -0.3 is 4.42 Å².